The van der Waals surface area contributed by atoms with Crippen LogP contribution in [0.4, 0.5) is 0 Å². The van der Waals surface area contributed by atoms with Crippen molar-refractivity contribution in [1.82, 2.24) is 15.6 Å². The first-order valence-electron chi connectivity index (χ1n) is 7.75. The molecule has 0 aliphatic carbocycles. The quantitative estimate of drug-likeness (QED) is 0.232. The second-order valence-corrected chi connectivity index (χ2v) is 5.94. The van der Waals surface area contributed by atoms with E-state index < -0.39 is 0 Å². The van der Waals surface area contributed by atoms with Crippen LogP contribution in [-0.4, -0.2) is 51.5 Å². The Morgan fingerprint density at radius 2 is 2.09 bits per heavy atom. The Morgan fingerprint density at radius 3 is 2.74 bits per heavy atom. The molecule has 0 spiro atoms. The van der Waals surface area contributed by atoms with Gasteiger partial charge in [-0.3, -0.25) is 4.99 Å². The normalized spacial score (nSPS) is 11.2. The molecule has 0 saturated carbocycles. The van der Waals surface area contributed by atoms with Crippen molar-refractivity contribution in [3.63, 3.8) is 0 Å². The number of thiazole rings is 1. The third kappa shape index (κ3) is 10.9. The van der Waals surface area contributed by atoms with Crippen LogP contribution in [-0.2, 0) is 22.4 Å². The van der Waals surface area contributed by atoms with Crippen molar-refractivity contribution in [2.24, 2.45) is 4.99 Å². The molecule has 0 radical (unpaired) electrons. The smallest absolute Gasteiger partial charge is 0.191 e. The van der Waals surface area contributed by atoms with Gasteiger partial charge >= 0.3 is 0 Å². The highest BCUT2D eigenvalue weighted by Crippen LogP contribution is 2.12. The van der Waals surface area contributed by atoms with Gasteiger partial charge in [-0.25, -0.2) is 4.98 Å². The Hall–Kier alpha value is -0.450. The average Bonchev–Trinajstić information content (AvgIpc) is 3.01. The Balaban J connectivity index is 0.00000484. The van der Waals surface area contributed by atoms with Gasteiger partial charge in [-0.1, -0.05) is 6.92 Å². The van der Waals surface area contributed by atoms with E-state index in [1.165, 1.54) is 4.88 Å². The molecular weight excluding hydrogens is 427 g/mol. The largest absolute Gasteiger partial charge is 0.382 e. The molecule has 0 aliphatic heterocycles. The summed E-state index contributed by atoms with van der Waals surface area (Å²) in [6.07, 6.45) is 5.06. The van der Waals surface area contributed by atoms with Crippen LogP contribution in [0.1, 0.15) is 29.7 Å². The van der Waals surface area contributed by atoms with Gasteiger partial charge in [0.1, 0.15) is 5.01 Å². The summed E-state index contributed by atoms with van der Waals surface area (Å²) in [5, 5.41) is 7.67. The zero-order valence-electron chi connectivity index (χ0n) is 14.3. The summed E-state index contributed by atoms with van der Waals surface area (Å²) < 4.78 is 10.3. The molecule has 0 fully saturated rings. The molecule has 1 aromatic rings. The Bertz CT molecular complexity index is 429. The number of hydrogen-bond acceptors (Lipinski definition) is 5. The summed E-state index contributed by atoms with van der Waals surface area (Å²) in [4.78, 5) is 9.91. The van der Waals surface area contributed by atoms with Crippen LogP contribution >= 0.6 is 35.3 Å². The van der Waals surface area contributed by atoms with Crippen molar-refractivity contribution in [2.75, 3.05) is 40.5 Å². The minimum atomic E-state index is 0. The zero-order valence-corrected chi connectivity index (χ0v) is 17.4. The summed E-state index contributed by atoms with van der Waals surface area (Å²) in [7, 11) is 3.46. The molecule has 0 atom stereocenters. The lowest BCUT2D eigenvalue weighted by Gasteiger charge is -2.10. The fraction of sp³-hybridized carbons (Fsp3) is 0.733. The average molecular weight is 456 g/mol. The zero-order chi connectivity index (χ0) is 16.0. The van der Waals surface area contributed by atoms with Crippen molar-refractivity contribution in [1.29, 1.82) is 0 Å². The molecule has 0 amide bonds. The van der Waals surface area contributed by atoms with E-state index in [1.807, 2.05) is 6.20 Å². The van der Waals surface area contributed by atoms with Crippen molar-refractivity contribution in [3.8, 4) is 0 Å². The Labute approximate surface area is 160 Å². The number of hydrogen-bond donors (Lipinski definition) is 2. The third-order valence-electron chi connectivity index (χ3n) is 3.02. The lowest BCUT2D eigenvalue weighted by molar-refractivity contribution is 0.0689. The number of aryl methyl sites for hydroxylation is 1. The van der Waals surface area contributed by atoms with Gasteiger partial charge in [0.15, 0.2) is 5.96 Å². The van der Waals surface area contributed by atoms with Gasteiger partial charge < -0.3 is 20.1 Å². The van der Waals surface area contributed by atoms with Crippen LogP contribution < -0.4 is 10.6 Å². The van der Waals surface area contributed by atoms with Crippen molar-refractivity contribution >= 4 is 41.3 Å². The van der Waals surface area contributed by atoms with Gasteiger partial charge in [-0.2, -0.15) is 0 Å². The maximum atomic E-state index is 5.42. The van der Waals surface area contributed by atoms with Crippen molar-refractivity contribution in [3.05, 3.63) is 16.1 Å². The molecule has 2 N–H and O–H groups in total. The first-order chi connectivity index (χ1) is 10.8. The SMILES string of the molecule is CCc1cnc(CNC(=NC)NCCCCOCCOC)s1.I. The second kappa shape index (κ2) is 15.1. The van der Waals surface area contributed by atoms with E-state index in [-0.39, 0.29) is 24.0 Å². The number of guanidine groups is 1. The highest BCUT2D eigenvalue weighted by atomic mass is 127. The standard InChI is InChI=1S/C15H28N4O2S.HI/c1-4-13-11-18-14(22-13)12-19-15(16-2)17-7-5-6-8-21-10-9-20-3;/h11H,4-10,12H2,1-3H3,(H2,16,17,19);1H. The molecule has 0 bridgehead atoms. The van der Waals surface area contributed by atoms with Gasteiger partial charge in [-0.05, 0) is 19.3 Å². The molecule has 1 aromatic heterocycles. The topological polar surface area (TPSA) is 67.8 Å². The van der Waals surface area contributed by atoms with E-state index in [1.54, 1.807) is 25.5 Å². The molecule has 1 rings (SSSR count). The van der Waals surface area contributed by atoms with E-state index in [0.717, 1.165) is 43.4 Å². The van der Waals surface area contributed by atoms with Crippen LogP contribution in [0.5, 0.6) is 0 Å². The van der Waals surface area contributed by atoms with Crippen LogP contribution in [0.15, 0.2) is 11.2 Å². The van der Waals surface area contributed by atoms with Crippen molar-refractivity contribution in [2.45, 2.75) is 32.7 Å². The van der Waals surface area contributed by atoms with E-state index in [4.69, 9.17) is 9.47 Å². The number of rotatable bonds is 11. The van der Waals surface area contributed by atoms with Gasteiger partial charge in [0.05, 0.1) is 19.8 Å². The number of methoxy groups -OCH3 is 1. The maximum Gasteiger partial charge on any atom is 0.191 e. The fourth-order valence-electron chi connectivity index (χ4n) is 1.75. The number of aromatic nitrogens is 1. The molecule has 8 heteroatoms. The van der Waals surface area contributed by atoms with Crippen molar-refractivity contribution < 1.29 is 9.47 Å². The second-order valence-electron chi connectivity index (χ2n) is 4.74. The van der Waals surface area contributed by atoms with E-state index in [2.05, 4.69) is 27.5 Å². The van der Waals surface area contributed by atoms with Crippen LogP contribution in [0.25, 0.3) is 0 Å². The van der Waals surface area contributed by atoms with E-state index in [0.29, 0.717) is 19.8 Å². The number of aliphatic imine (C=N–C) groups is 1. The van der Waals surface area contributed by atoms with Gasteiger partial charge in [0, 0.05) is 38.4 Å². The molecule has 1 heterocycles. The lowest BCUT2D eigenvalue weighted by Crippen LogP contribution is -2.37. The third-order valence-corrected chi connectivity index (χ3v) is 4.16. The Kier molecular flexibility index (Phi) is 14.8. The highest BCUT2D eigenvalue weighted by molar-refractivity contribution is 14.0. The summed E-state index contributed by atoms with van der Waals surface area (Å²) in [5.74, 6) is 0.813. The minimum absolute atomic E-state index is 0. The lowest BCUT2D eigenvalue weighted by atomic mass is 10.3. The molecule has 134 valence electrons. The maximum absolute atomic E-state index is 5.42. The monoisotopic (exact) mass is 456 g/mol. The fourth-order valence-corrected chi connectivity index (χ4v) is 2.56. The predicted molar refractivity (Wildman–Crippen MR) is 107 cm³/mol. The molecule has 0 unspecified atom stereocenters. The van der Waals surface area contributed by atoms with E-state index >= 15 is 0 Å². The number of ether oxygens (including phenoxy) is 2. The molecule has 23 heavy (non-hydrogen) atoms. The number of unbranched alkanes of at least 4 members (excludes halogenated alkanes) is 1. The summed E-state index contributed by atoms with van der Waals surface area (Å²) >= 11 is 1.74. The molecular formula is C15H29IN4O2S. The molecule has 6 nitrogen and oxygen atoms in total. The predicted octanol–water partition coefficient (Wildman–Crippen LogP) is 2.43. The first-order valence-corrected chi connectivity index (χ1v) is 8.56. The minimum Gasteiger partial charge on any atom is -0.382 e. The summed E-state index contributed by atoms with van der Waals surface area (Å²) in [5.41, 5.74) is 0. The Morgan fingerprint density at radius 1 is 1.26 bits per heavy atom. The summed E-state index contributed by atoms with van der Waals surface area (Å²) in [6, 6.07) is 0. The number of nitrogens with zero attached hydrogens (tertiary/aromatic N) is 2. The molecule has 0 saturated heterocycles. The molecule has 0 aromatic carbocycles. The molecule has 0 aliphatic rings. The van der Waals surface area contributed by atoms with Crippen LogP contribution in [0.2, 0.25) is 0 Å². The van der Waals surface area contributed by atoms with Crippen LogP contribution in [0, 0.1) is 0 Å². The van der Waals surface area contributed by atoms with Crippen LogP contribution in [0.3, 0.4) is 0 Å². The van der Waals surface area contributed by atoms with E-state index in [9.17, 15) is 0 Å². The van der Waals surface area contributed by atoms with Gasteiger partial charge in [0.2, 0.25) is 0 Å². The number of nitrogens with one attached hydrogen (secondary N) is 2. The highest BCUT2D eigenvalue weighted by Gasteiger charge is 2.02. The summed E-state index contributed by atoms with van der Waals surface area (Å²) in [6.45, 7) is 5.84. The van der Waals surface area contributed by atoms with Gasteiger partial charge in [0.25, 0.3) is 0 Å². The van der Waals surface area contributed by atoms with Gasteiger partial charge in [-0.15, -0.1) is 35.3 Å². The number of halogens is 1. The first kappa shape index (κ1) is 22.6.